The van der Waals surface area contributed by atoms with Gasteiger partial charge in [-0.15, -0.1) is 0 Å². The Morgan fingerprint density at radius 1 is 0.722 bits per heavy atom. The van der Waals surface area contributed by atoms with Crippen molar-refractivity contribution in [1.82, 2.24) is 4.98 Å². The van der Waals surface area contributed by atoms with E-state index in [0.29, 0.717) is 0 Å². The maximum absolute atomic E-state index is 4.67. The Morgan fingerprint density at radius 2 is 1.22 bits per heavy atom. The van der Waals surface area contributed by atoms with E-state index in [9.17, 15) is 0 Å². The SMILES string of the molecule is CNc1ccc2nc3ccc(NC)cc3cc2c1. The fraction of sp³-hybridized carbons (Fsp3) is 0.133. The van der Waals surface area contributed by atoms with Gasteiger partial charge in [-0.2, -0.15) is 0 Å². The van der Waals surface area contributed by atoms with Crippen LogP contribution in [0.3, 0.4) is 0 Å². The third kappa shape index (κ3) is 1.74. The smallest absolute Gasteiger partial charge is 0.0711 e. The highest BCUT2D eigenvalue weighted by Gasteiger charge is 2.01. The Kier molecular flexibility index (Phi) is 2.52. The van der Waals surface area contributed by atoms with E-state index >= 15 is 0 Å². The van der Waals surface area contributed by atoms with Gasteiger partial charge in [0.05, 0.1) is 11.0 Å². The second-order valence-electron chi connectivity index (χ2n) is 4.30. The molecular formula is C15H15N3. The Bertz CT molecular complexity index is 660. The minimum atomic E-state index is 1.03. The van der Waals surface area contributed by atoms with Crippen LogP contribution in [0.15, 0.2) is 42.5 Å². The molecule has 0 unspecified atom stereocenters. The molecule has 2 N–H and O–H groups in total. The highest BCUT2D eigenvalue weighted by atomic mass is 14.8. The van der Waals surface area contributed by atoms with Crippen molar-refractivity contribution in [2.75, 3.05) is 24.7 Å². The lowest BCUT2D eigenvalue weighted by Crippen LogP contribution is -1.90. The summed E-state index contributed by atoms with van der Waals surface area (Å²) in [4.78, 5) is 4.67. The molecule has 90 valence electrons. The van der Waals surface area contributed by atoms with Gasteiger partial charge in [0.1, 0.15) is 0 Å². The van der Waals surface area contributed by atoms with Gasteiger partial charge in [-0.1, -0.05) is 0 Å². The molecule has 0 radical (unpaired) electrons. The summed E-state index contributed by atoms with van der Waals surface area (Å²) in [7, 11) is 3.85. The molecule has 1 aromatic heterocycles. The van der Waals surface area contributed by atoms with Gasteiger partial charge in [0.2, 0.25) is 0 Å². The number of nitrogens with one attached hydrogen (secondary N) is 2. The van der Waals surface area contributed by atoms with Crippen LogP contribution in [0.5, 0.6) is 0 Å². The summed E-state index contributed by atoms with van der Waals surface area (Å²) >= 11 is 0. The van der Waals surface area contributed by atoms with E-state index in [1.807, 2.05) is 38.4 Å². The molecule has 2 aromatic carbocycles. The number of hydrogen-bond acceptors (Lipinski definition) is 3. The molecule has 0 saturated heterocycles. The van der Waals surface area contributed by atoms with Crippen LogP contribution >= 0.6 is 0 Å². The predicted molar refractivity (Wildman–Crippen MR) is 78.3 cm³/mol. The van der Waals surface area contributed by atoms with E-state index in [2.05, 4.69) is 33.8 Å². The van der Waals surface area contributed by atoms with Gasteiger partial charge in [-0.3, -0.25) is 0 Å². The fourth-order valence-electron chi connectivity index (χ4n) is 2.15. The van der Waals surface area contributed by atoms with E-state index in [1.54, 1.807) is 0 Å². The first-order valence-corrected chi connectivity index (χ1v) is 6.00. The summed E-state index contributed by atoms with van der Waals surface area (Å²) in [5, 5.41) is 8.61. The minimum Gasteiger partial charge on any atom is -0.388 e. The van der Waals surface area contributed by atoms with E-state index in [4.69, 9.17) is 0 Å². The molecule has 18 heavy (non-hydrogen) atoms. The van der Waals surface area contributed by atoms with E-state index in [1.165, 1.54) is 0 Å². The van der Waals surface area contributed by atoms with Crippen LogP contribution in [0, 0.1) is 0 Å². The van der Waals surface area contributed by atoms with Gasteiger partial charge in [-0.05, 0) is 42.5 Å². The monoisotopic (exact) mass is 237 g/mol. The van der Waals surface area contributed by atoms with Crippen LogP contribution in [0.1, 0.15) is 0 Å². The Balaban J connectivity index is 2.29. The van der Waals surface area contributed by atoms with Crippen LogP contribution < -0.4 is 10.6 Å². The number of pyridine rings is 1. The molecule has 3 rings (SSSR count). The molecule has 0 amide bonds. The number of aromatic nitrogens is 1. The summed E-state index contributed by atoms with van der Waals surface area (Å²) < 4.78 is 0. The second kappa shape index (κ2) is 4.18. The number of nitrogens with zero attached hydrogens (tertiary/aromatic N) is 1. The fourth-order valence-corrected chi connectivity index (χ4v) is 2.15. The Labute approximate surface area is 106 Å². The molecule has 0 spiro atoms. The molecule has 0 saturated carbocycles. The number of fused-ring (bicyclic) bond motifs is 2. The zero-order valence-electron chi connectivity index (χ0n) is 10.5. The Morgan fingerprint density at radius 3 is 1.67 bits per heavy atom. The van der Waals surface area contributed by atoms with Crippen molar-refractivity contribution in [3.63, 3.8) is 0 Å². The molecular weight excluding hydrogens is 222 g/mol. The standard InChI is InChI=1S/C15H15N3/c1-16-12-3-5-14-10(8-12)7-11-9-13(17-2)4-6-15(11)18-14/h3-9,16-17H,1-2H3. The van der Waals surface area contributed by atoms with Crippen LogP contribution in [0.4, 0.5) is 11.4 Å². The van der Waals surface area contributed by atoms with Crippen molar-refractivity contribution in [3.8, 4) is 0 Å². The van der Waals surface area contributed by atoms with Crippen molar-refractivity contribution in [1.29, 1.82) is 0 Å². The van der Waals surface area contributed by atoms with Gasteiger partial charge in [0, 0.05) is 36.2 Å². The quantitative estimate of drug-likeness (QED) is 0.670. The maximum atomic E-state index is 4.67. The summed E-state index contributed by atoms with van der Waals surface area (Å²) in [5.41, 5.74) is 4.26. The lowest BCUT2D eigenvalue weighted by Gasteiger charge is -2.06. The number of rotatable bonds is 2. The Hall–Kier alpha value is -2.29. The van der Waals surface area contributed by atoms with Crippen molar-refractivity contribution in [2.24, 2.45) is 0 Å². The number of anilines is 2. The van der Waals surface area contributed by atoms with E-state index in [0.717, 1.165) is 33.2 Å². The summed E-state index contributed by atoms with van der Waals surface area (Å²) in [5.74, 6) is 0. The van der Waals surface area contributed by atoms with E-state index < -0.39 is 0 Å². The molecule has 0 aliphatic carbocycles. The highest BCUT2D eigenvalue weighted by Crippen LogP contribution is 2.24. The van der Waals surface area contributed by atoms with Gasteiger partial charge < -0.3 is 10.6 Å². The first-order valence-electron chi connectivity index (χ1n) is 6.00. The normalized spacial score (nSPS) is 10.8. The molecule has 0 aliphatic heterocycles. The maximum Gasteiger partial charge on any atom is 0.0711 e. The van der Waals surface area contributed by atoms with Crippen molar-refractivity contribution in [3.05, 3.63) is 42.5 Å². The second-order valence-corrected chi connectivity index (χ2v) is 4.30. The third-order valence-electron chi connectivity index (χ3n) is 3.18. The first-order chi connectivity index (χ1) is 8.80. The molecule has 0 fully saturated rings. The topological polar surface area (TPSA) is 37.0 Å². The average Bonchev–Trinajstić information content (AvgIpc) is 2.43. The lowest BCUT2D eigenvalue weighted by atomic mass is 10.1. The zero-order valence-corrected chi connectivity index (χ0v) is 10.5. The van der Waals surface area contributed by atoms with Crippen LogP contribution in [0.25, 0.3) is 21.8 Å². The first kappa shape index (κ1) is 10.8. The zero-order chi connectivity index (χ0) is 12.5. The molecule has 1 heterocycles. The van der Waals surface area contributed by atoms with Gasteiger partial charge >= 0.3 is 0 Å². The molecule has 0 atom stereocenters. The number of benzene rings is 2. The van der Waals surface area contributed by atoms with Crippen LogP contribution in [-0.2, 0) is 0 Å². The van der Waals surface area contributed by atoms with Gasteiger partial charge in [0.25, 0.3) is 0 Å². The molecule has 0 bridgehead atoms. The third-order valence-corrected chi connectivity index (χ3v) is 3.18. The number of hydrogen-bond donors (Lipinski definition) is 2. The highest BCUT2D eigenvalue weighted by molar-refractivity contribution is 5.95. The summed E-state index contributed by atoms with van der Waals surface area (Å²) in [6.07, 6.45) is 0. The van der Waals surface area contributed by atoms with Gasteiger partial charge in [-0.25, -0.2) is 4.98 Å². The molecule has 0 aliphatic rings. The predicted octanol–water partition coefficient (Wildman–Crippen LogP) is 3.47. The molecule has 3 aromatic rings. The molecule has 3 heteroatoms. The van der Waals surface area contributed by atoms with Crippen molar-refractivity contribution in [2.45, 2.75) is 0 Å². The van der Waals surface area contributed by atoms with Gasteiger partial charge in [0.15, 0.2) is 0 Å². The summed E-state index contributed by atoms with van der Waals surface area (Å²) in [6.45, 7) is 0. The molecule has 3 nitrogen and oxygen atoms in total. The average molecular weight is 237 g/mol. The van der Waals surface area contributed by atoms with E-state index in [-0.39, 0.29) is 0 Å². The lowest BCUT2D eigenvalue weighted by molar-refractivity contribution is 1.46. The van der Waals surface area contributed by atoms with Crippen LogP contribution in [0.2, 0.25) is 0 Å². The minimum absolute atomic E-state index is 1.03. The van der Waals surface area contributed by atoms with Crippen molar-refractivity contribution >= 4 is 33.2 Å². The largest absolute Gasteiger partial charge is 0.388 e. The van der Waals surface area contributed by atoms with Crippen molar-refractivity contribution < 1.29 is 0 Å². The van der Waals surface area contributed by atoms with Crippen LogP contribution in [-0.4, -0.2) is 19.1 Å². The summed E-state index contributed by atoms with van der Waals surface area (Å²) in [6, 6.07) is 14.6.